The van der Waals surface area contributed by atoms with Crippen molar-refractivity contribution in [1.29, 1.82) is 0 Å². The van der Waals surface area contributed by atoms with Crippen LogP contribution in [0.3, 0.4) is 0 Å². The highest BCUT2D eigenvalue weighted by atomic mass is 32.2. The summed E-state index contributed by atoms with van der Waals surface area (Å²) in [6, 6.07) is 12.8. The van der Waals surface area contributed by atoms with Gasteiger partial charge in [-0.1, -0.05) is 46.7 Å². The number of sulfone groups is 2. The van der Waals surface area contributed by atoms with Gasteiger partial charge in [0.2, 0.25) is 24.0 Å². The van der Waals surface area contributed by atoms with Crippen molar-refractivity contribution in [2.75, 3.05) is 44.7 Å². The van der Waals surface area contributed by atoms with Crippen LogP contribution in [0, 0.1) is 13.8 Å². The number of anilines is 1. The van der Waals surface area contributed by atoms with E-state index < -0.39 is 19.7 Å². The van der Waals surface area contributed by atoms with Crippen LogP contribution in [0.1, 0.15) is 11.1 Å². The Morgan fingerprint density at radius 2 is 1.41 bits per heavy atom. The standard InChI is InChI=1S/C23H27N3O5S3/c1-17-3-7-19(8-4-17)33(27,28)22-21(24-11-12-26-13-15-31-16-14-26)32-23(25-22)34(29,30)20-9-5-18(2)6-10-20/h3-10,24H,11-16H2,1-2H3. The lowest BCUT2D eigenvalue weighted by Crippen LogP contribution is -2.39. The van der Waals surface area contributed by atoms with Crippen LogP contribution >= 0.6 is 11.3 Å². The molecule has 0 saturated carbocycles. The molecule has 8 nitrogen and oxygen atoms in total. The maximum absolute atomic E-state index is 13.4. The zero-order valence-corrected chi connectivity index (χ0v) is 21.5. The molecule has 1 fully saturated rings. The zero-order chi connectivity index (χ0) is 24.3. The van der Waals surface area contributed by atoms with Crippen molar-refractivity contribution < 1.29 is 21.6 Å². The lowest BCUT2D eigenvalue weighted by atomic mass is 10.2. The van der Waals surface area contributed by atoms with E-state index in [0.29, 0.717) is 26.3 Å². The first-order valence-electron chi connectivity index (χ1n) is 10.9. The minimum atomic E-state index is -4.03. The molecule has 1 aliphatic rings. The Morgan fingerprint density at radius 1 is 0.882 bits per heavy atom. The average molecular weight is 522 g/mol. The summed E-state index contributed by atoms with van der Waals surface area (Å²) in [5.41, 5.74) is 1.84. The number of hydrogen-bond acceptors (Lipinski definition) is 9. The number of aromatic nitrogens is 1. The Morgan fingerprint density at radius 3 is 1.97 bits per heavy atom. The number of thiazole rings is 1. The maximum Gasteiger partial charge on any atom is 0.233 e. The zero-order valence-electron chi connectivity index (χ0n) is 19.0. The number of hydrogen-bond donors (Lipinski definition) is 1. The normalized spacial score (nSPS) is 15.4. The van der Waals surface area contributed by atoms with Crippen LogP contribution in [0.25, 0.3) is 0 Å². The summed E-state index contributed by atoms with van der Waals surface area (Å²) in [4.78, 5) is 6.51. The molecule has 1 N–H and O–H groups in total. The van der Waals surface area contributed by atoms with Gasteiger partial charge in [-0.25, -0.2) is 21.8 Å². The maximum atomic E-state index is 13.4. The van der Waals surface area contributed by atoms with Crippen molar-refractivity contribution in [2.24, 2.45) is 0 Å². The van der Waals surface area contributed by atoms with E-state index in [1.54, 1.807) is 24.3 Å². The minimum absolute atomic E-state index is 0.0684. The molecule has 2 aromatic carbocycles. The first-order valence-corrected chi connectivity index (χ1v) is 14.6. The van der Waals surface area contributed by atoms with Crippen molar-refractivity contribution in [3.63, 3.8) is 0 Å². The summed E-state index contributed by atoms with van der Waals surface area (Å²) in [6.07, 6.45) is 0. The molecule has 0 atom stereocenters. The predicted molar refractivity (Wildman–Crippen MR) is 131 cm³/mol. The largest absolute Gasteiger partial charge is 0.379 e. The third kappa shape index (κ3) is 5.33. The highest BCUT2D eigenvalue weighted by molar-refractivity contribution is 7.94. The quantitative estimate of drug-likeness (QED) is 0.482. The van der Waals surface area contributed by atoms with Gasteiger partial charge in [0.1, 0.15) is 5.00 Å². The molecule has 182 valence electrons. The number of rotatable bonds is 8. The smallest absolute Gasteiger partial charge is 0.233 e. The molecule has 0 amide bonds. The SMILES string of the molecule is Cc1ccc(S(=O)(=O)c2nc(S(=O)(=O)c3ccc(C)cc3)c(NCCN3CCOCC3)s2)cc1. The molecule has 0 aliphatic carbocycles. The van der Waals surface area contributed by atoms with Gasteiger partial charge in [-0.2, -0.15) is 0 Å². The van der Waals surface area contributed by atoms with Crippen molar-refractivity contribution in [3.05, 3.63) is 59.7 Å². The molecule has 1 aromatic heterocycles. The summed E-state index contributed by atoms with van der Waals surface area (Å²) >= 11 is 0.844. The Bertz CT molecular complexity index is 1340. The molecule has 3 aromatic rings. The third-order valence-electron chi connectivity index (χ3n) is 5.54. The van der Waals surface area contributed by atoms with Gasteiger partial charge in [-0.15, -0.1) is 0 Å². The van der Waals surface area contributed by atoms with Crippen LogP contribution in [0.5, 0.6) is 0 Å². The third-order valence-corrected chi connectivity index (χ3v) is 10.5. The molecule has 11 heteroatoms. The summed E-state index contributed by atoms with van der Waals surface area (Å²) in [5.74, 6) is 0. The summed E-state index contributed by atoms with van der Waals surface area (Å²) in [5, 5.41) is 3.08. The molecule has 0 radical (unpaired) electrons. The topological polar surface area (TPSA) is 106 Å². The van der Waals surface area contributed by atoms with Gasteiger partial charge in [0.05, 0.1) is 23.0 Å². The number of nitrogens with one attached hydrogen (secondary N) is 1. The van der Waals surface area contributed by atoms with Crippen LogP contribution in [0.4, 0.5) is 5.00 Å². The predicted octanol–water partition coefficient (Wildman–Crippen LogP) is 3.17. The summed E-state index contributed by atoms with van der Waals surface area (Å²) in [6.45, 7) is 7.76. The fourth-order valence-electron chi connectivity index (χ4n) is 3.50. The number of benzene rings is 2. The van der Waals surface area contributed by atoms with Crippen LogP contribution < -0.4 is 5.32 Å². The molecular weight excluding hydrogens is 494 g/mol. The Labute approximate surface area is 204 Å². The number of ether oxygens (including phenoxy) is 1. The van der Waals surface area contributed by atoms with E-state index in [0.717, 1.165) is 35.6 Å². The van der Waals surface area contributed by atoms with Crippen LogP contribution in [0.15, 0.2) is 67.7 Å². The second-order valence-electron chi connectivity index (χ2n) is 8.13. The average Bonchev–Trinajstić information content (AvgIpc) is 3.26. The van der Waals surface area contributed by atoms with Gasteiger partial charge in [0.25, 0.3) is 0 Å². The van der Waals surface area contributed by atoms with Gasteiger partial charge in [0, 0.05) is 26.2 Å². The fraction of sp³-hybridized carbons (Fsp3) is 0.348. The number of nitrogens with zero attached hydrogens (tertiary/aromatic N) is 2. The van der Waals surface area contributed by atoms with E-state index in [1.165, 1.54) is 24.3 Å². The van der Waals surface area contributed by atoms with E-state index in [9.17, 15) is 16.8 Å². The van der Waals surface area contributed by atoms with Crippen molar-refractivity contribution in [2.45, 2.75) is 33.0 Å². The van der Waals surface area contributed by atoms with Crippen LogP contribution in [-0.4, -0.2) is 66.1 Å². The second kappa shape index (κ2) is 10.1. The first kappa shape index (κ1) is 24.8. The molecule has 2 heterocycles. The van der Waals surface area contributed by atoms with Gasteiger partial charge >= 0.3 is 0 Å². The number of morpholine rings is 1. The molecule has 1 saturated heterocycles. The highest BCUT2D eigenvalue weighted by Gasteiger charge is 2.31. The molecule has 0 spiro atoms. The molecule has 4 rings (SSSR count). The lowest BCUT2D eigenvalue weighted by Gasteiger charge is -2.26. The second-order valence-corrected chi connectivity index (χ2v) is 13.1. The van der Waals surface area contributed by atoms with E-state index >= 15 is 0 Å². The molecular formula is C23H27N3O5S3. The Hall–Kier alpha value is -2.31. The minimum Gasteiger partial charge on any atom is -0.379 e. The van der Waals surface area contributed by atoms with Crippen LogP contribution in [-0.2, 0) is 24.4 Å². The number of aryl methyl sites for hydroxylation is 2. The van der Waals surface area contributed by atoms with E-state index in [2.05, 4.69) is 15.2 Å². The Kier molecular flexibility index (Phi) is 7.39. The van der Waals surface area contributed by atoms with Gasteiger partial charge in [-0.3, -0.25) is 4.90 Å². The first-order chi connectivity index (χ1) is 16.2. The van der Waals surface area contributed by atoms with Gasteiger partial charge < -0.3 is 10.1 Å². The van der Waals surface area contributed by atoms with Gasteiger partial charge in [-0.05, 0) is 38.1 Å². The van der Waals surface area contributed by atoms with E-state index in [4.69, 9.17) is 4.74 Å². The molecule has 1 aliphatic heterocycles. The monoisotopic (exact) mass is 521 g/mol. The highest BCUT2D eigenvalue weighted by Crippen LogP contribution is 2.36. The van der Waals surface area contributed by atoms with Crippen molar-refractivity contribution in [1.82, 2.24) is 9.88 Å². The van der Waals surface area contributed by atoms with Crippen molar-refractivity contribution >= 4 is 36.0 Å². The lowest BCUT2D eigenvalue weighted by molar-refractivity contribution is 0.0398. The summed E-state index contributed by atoms with van der Waals surface area (Å²) in [7, 11) is -8.01. The molecule has 0 unspecified atom stereocenters. The fourth-order valence-corrected chi connectivity index (χ4v) is 7.81. The van der Waals surface area contributed by atoms with E-state index in [1.807, 2.05) is 13.8 Å². The summed E-state index contributed by atoms with van der Waals surface area (Å²) < 4.78 is 58.5. The molecule has 0 bridgehead atoms. The van der Waals surface area contributed by atoms with Crippen LogP contribution in [0.2, 0.25) is 0 Å². The molecule has 34 heavy (non-hydrogen) atoms. The van der Waals surface area contributed by atoms with E-state index in [-0.39, 0.29) is 24.2 Å². The Balaban J connectivity index is 1.69. The van der Waals surface area contributed by atoms with Gasteiger partial charge in [0.15, 0.2) is 5.03 Å². The van der Waals surface area contributed by atoms with Crippen molar-refractivity contribution in [3.8, 4) is 0 Å².